The van der Waals surface area contributed by atoms with Crippen LogP contribution in [0.2, 0.25) is 0 Å². The fourth-order valence-electron chi connectivity index (χ4n) is 2.24. The summed E-state index contributed by atoms with van der Waals surface area (Å²) in [6.07, 6.45) is -0.644. The number of nitrogens with zero attached hydrogens (tertiary/aromatic N) is 1. The molecular weight excluding hydrogens is 350 g/mol. The lowest BCUT2D eigenvalue weighted by Crippen LogP contribution is -2.34. The van der Waals surface area contributed by atoms with Crippen LogP contribution in [0.15, 0.2) is 47.4 Å². The van der Waals surface area contributed by atoms with Gasteiger partial charge in [-0.3, -0.25) is 14.3 Å². The van der Waals surface area contributed by atoms with E-state index < -0.39 is 21.1 Å². The summed E-state index contributed by atoms with van der Waals surface area (Å²) in [5.41, 5.74) is 0.827. The maximum Gasteiger partial charge on any atom is 0.297 e. The third kappa shape index (κ3) is 3.89. The summed E-state index contributed by atoms with van der Waals surface area (Å²) in [5, 5.41) is 10.7. The monoisotopic (exact) mass is 365 g/mol. The molecule has 0 amide bonds. The average Bonchev–Trinajstić information content (AvgIpc) is 2.59. The number of non-ortho nitro benzene ring substituents is 1. The van der Waals surface area contributed by atoms with Crippen molar-refractivity contribution in [1.29, 1.82) is 0 Å². The molecule has 8 nitrogen and oxygen atoms in total. The first kappa shape index (κ1) is 17.2. The molecule has 0 radical (unpaired) electrons. The van der Waals surface area contributed by atoms with Crippen LogP contribution < -0.4 is 9.47 Å². The van der Waals surface area contributed by atoms with Crippen LogP contribution in [0.25, 0.3) is 0 Å². The SMILES string of the molecule is Cc1ccc(S(=O)(=O)OCC2COc3cc([N+](=O)[O-])ccc3O2)cc1. The zero-order valence-electron chi connectivity index (χ0n) is 13.2. The molecule has 0 spiro atoms. The first-order chi connectivity index (χ1) is 11.8. The molecule has 9 heteroatoms. The van der Waals surface area contributed by atoms with E-state index in [0.717, 1.165) is 5.56 Å². The third-order valence-corrected chi connectivity index (χ3v) is 4.87. The summed E-state index contributed by atoms with van der Waals surface area (Å²) >= 11 is 0. The van der Waals surface area contributed by atoms with Crippen molar-refractivity contribution in [3.8, 4) is 11.5 Å². The minimum Gasteiger partial charge on any atom is -0.485 e. The standard InChI is InChI=1S/C16H15NO7S/c1-11-2-5-14(6-3-11)25(20,21)23-10-13-9-22-16-8-12(17(18)19)4-7-15(16)24-13/h2-8,13H,9-10H2,1H3. The summed E-state index contributed by atoms with van der Waals surface area (Å²) in [4.78, 5) is 10.3. The van der Waals surface area contributed by atoms with Crippen molar-refractivity contribution < 1.29 is 27.0 Å². The van der Waals surface area contributed by atoms with Crippen molar-refractivity contribution in [2.45, 2.75) is 17.9 Å². The predicted octanol–water partition coefficient (Wildman–Crippen LogP) is 2.45. The maximum atomic E-state index is 12.2. The number of rotatable bonds is 5. The quantitative estimate of drug-likeness (QED) is 0.455. The van der Waals surface area contributed by atoms with E-state index in [4.69, 9.17) is 13.7 Å². The molecule has 2 aromatic carbocycles. The molecule has 2 aromatic rings. The van der Waals surface area contributed by atoms with E-state index in [1.54, 1.807) is 12.1 Å². The van der Waals surface area contributed by atoms with E-state index in [-0.39, 0.29) is 29.5 Å². The van der Waals surface area contributed by atoms with E-state index >= 15 is 0 Å². The zero-order valence-corrected chi connectivity index (χ0v) is 14.1. The second kappa shape index (κ2) is 6.69. The van der Waals surface area contributed by atoms with Crippen molar-refractivity contribution in [3.05, 3.63) is 58.1 Å². The maximum absolute atomic E-state index is 12.2. The van der Waals surface area contributed by atoms with Crippen LogP contribution in [0.1, 0.15) is 5.56 Å². The van der Waals surface area contributed by atoms with Gasteiger partial charge >= 0.3 is 0 Å². The Labute approximate surface area is 144 Å². The molecule has 0 N–H and O–H groups in total. The number of nitro groups is 1. The minimum absolute atomic E-state index is 0.0254. The number of aryl methyl sites for hydroxylation is 1. The molecule has 132 valence electrons. The highest BCUT2D eigenvalue weighted by molar-refractivity contribution is 7.86. The van der Waals surface area contributed by atoms with Crippen LogP contribution in [0.4, 0.5) is 5.69 Å². The Hall–Kier alpha value is -2.65. The molecule has 1 aliphatic rings. The highest BCUT2D eigenvalue weighted by Gasteiger charge is 2.26. The summed E-state index contributed by atoms with van der Waals surface area (Å²) in [5.74, 6) is 0.546. The lowest BCUT2D eigenvalue weighted by Gasteiger charge is -2.25. The smallest absolute Gasteiger partial charge is 0.297 e. The van der Waals surface area contributed by atoms with Crippen molar-refractivity contribution in [2.75, 3.05) is 13.2 Å². The van der Waals surface area contributed by atoms with E-state index in [9.17, 15) is 18.5 Å². The van der Waals surface area contributed by atoms with Gasteiger partial charge in [-0.15, -0.1) is 0 Å². The van der Waals surface area contributed by atoms with Crippen LogP contribution in [0.3, 0.4) is 0 Å². The van der Waals surface area contributed by atoms with E-state index in [1.165, 1.54) is 30.3 Å². The van der Waals surface area contributed by atoms with Gasteiger partial charge in [0.1, 0.15) is 13.2 Å². The molecule has 1 unspecified atom stereocenters. The molecule has 1 atom stereocenters. The summed E-state index contributed by atoms with van der Waals surface area (Å²) < 4.78 is 40.3. The summed E-state index contributed by atoms with van der Waals surface area (Å²) in [7, 11) is -3.90. The van der Waals surface area contributed by atoms with E-state index in [0.29, 0.717) is 5.75 Å². The van der Waals surface area contributed by atoms with Crippen LogP contribution in [-0.2, 0) is 14.3 Å². The van der Waals surface area contributed by atoms with Crippen LogP contribution >= 0.6 is 0 Å². The Morgan fingerprint density at radius 1 is 1.20 bits per heavy atom. The third-order valence-electron chi connectivity index (χ3n) is 3.58. The molecule has 1 heterocycles. The number of benzene rings is 2. The number of hydrogen-bond acceptors (Lipinski definition) is 7. The number of hydrogen-bond donors (Lipinski definition) is 0. The normalized spacial score (nSPS) is 16.4. The molecule has 0 aliphatic carbocycles. The molecule has 0 saturated carbocycles. The second-order valence-corrected chi connectivity index (χ2v) is 7.11. The van der Waals surface area contributed by atoms with Crippen LogP contribution in [-0.4, -0.2) is 32.7 Å². The number of nitro benzene ring substituents is 1. The molecule has 0 aromatic heterocycles. The van der Waals surface area contributed by atoms with Gasteiger partial charge in [0.05, 0.1) is 15.9 Å². The van der Waals surface area contributed by atoms with Gasteiger partial charge in [-0.05, 0) is 25.1 Å². The first-order valence-corrected chi connectivity index (χ1v) is 8.80. The Balaban J connectivity index is 1.65. The van der Waals surface area contributed by atoms with Crippen LogP contribution in [0, 0.1) is 17.0 Å². The van der Waals surface area contributed by atoms with Gasteiger partial charge in [0.15, 0.2) is 17.6 Å². The molecule has 0 saturated heterocycles. The molecule has 25 heavy (non-hydrogen) atoms. The van der Waals surface area contributed by atoms with Crippen molar-refractivity contribution >= 4 is 15.8 Å². The van der Waals surface area contributed by atoms with Gasteiger partial charge in [-0.1, -0.05) is 17.7 Å². The average molecular weight is 365 g/mol. The fourth-order valence-corrected chi connectivity index (χ4v) is 3.17. The fraction of sp³-hybridized carbons (Fsp3) is 0.250. The molecule has 1 aliphatic heterocycles. The van der Waals surface area contributed by atoms with Crippen molar-refractivity contribution in [2.24, 2.45) is 0 Å². The Kier molecular flexibility index (Phi) is 4.60. The number of fused-ring (bicyclic) bond motifs is 1. The topological polar surface area (TPSA) is 105 Å². The Morgan fingerprint density at radius 3 is 2.60 bits per heavy atom. The summed E-state index contributed by atoms with van der Waals surface area (Å²) in [6, 6.07) is 10.3. The lowest BCUT2D eigenvalue weighted by atomic mass is 10.2. The predicted molar refractivity (Wildman–Crippen MR) is 87.3 cm³/mol. The zero-order chi connectivity index (χ0) is 18.0. The molecule has 0 bridgehead atoms. The first-order valence-electron chi connectivity index (χ1n) is 7.39. The van der Waals surface area contributed by atoms with Gasteiger partial charge in [0, 0.05) is 6.07 Å². The van der Waals surface area contributed by atoms with E-state index in [2.05, 4.69) is 0 Å². The highest BCUT2D eigenvalue weighted by Crippen LogP contribution is 2.35. The second-order valence-electron chi connectivity index (χ2n) is 5.49. The van der Waals surface area contributed by atoms with Crippen molar-refractivity contribution in [1.82, 2.24) is 0 Å². The van der Waals surface area contributed by atoms with Crippen LogP contribution in [0.5, 0.6) is 11.5 Å². The van der Waals surface area contributed by atoms with Crippen molar-refractivity contribution in [3.63, 3.8) is 0 Å². The molecular formula is C16H15NO7S. The number of ether oxygens (including phenoxy) is 2. The Morgan fingerprint density at radius 2 is 1.92 bits per heavy atom. The van der Waals surface area contributed by atoms with Gasteiger partial charge in [-0.2, -0.15) is 8.42 Å². The molecule has 0 fully saturated rings. The Bertz CT molecular complexity index is 893. The summed E-state index contributed by atoms with van der Waals surface area (Å²) in [6.45, 7) is 1.65. The largest absolute Gasteiger partial charge is 0.485 e. The van der Waals surface area contributed by atoms with Gasteiger partial charge in [-0.25, -0.2) is 0 Å². The van der Waals surface area contributed by atoms with Gasteiger partial charge in [0.2, 0.25) is 0 Å². The highest BCUT2D eigenvalue weighted by atomic mass is 32.2. The van der Waals surface area contributed by atoms with Gasteiger partial charge < -0.3 is 9.47 Å². The van der Waals surface area contributed by atoms with Gasteiger partial charge in [0.25, 0.3) is 15.8 Å². The lowest BCUT2D eigenvalue weighted by molar-refractivity contribution is -0.385. The van der Waals surface area contributed by atoms with E-state index in [1.807, 2.05) is 6.92 Å². The minimum atomic E-state index is -3.90. The molecule has 3 rings (SSSR count).